The first-order chi connectivity index (χ1) is 13.9. The molecule has 6 heteroatoms. The number of carbonyl (C=O) groups is 1. The number of benzene rings is 1. The molecule has 1 N–H and O–H groups in total. The normalized spacial score (nSPS) is 16.3. The average Bonchev–Trinajstić information content (AvgIpc) is 3.16. The minimum Gasteiger partial charge on any atom is -0.383 e. The lowest BCUT2D eigenvalue weighted by molar-refractivity contribution is -0.115. The van der Waals surface area contributed by atoms with Crippen molar-refractivity contribution < 1.29 is 14.1 Å². The number of nitrogens with one attached hydrogen (secondary N) is 1. The molecule has 0 saturated heterocycles. The van der Waals surface area contributed by atoms with Gasteiger partial charge in [0.15, 0.2) is 5.82 Å². The van der Waals surface area contributed by atoms with Crippen molar-refractivity contribution in [2.45, 2.75) is 38.6 Å². The number of carbonyl (C=O) groups excluding carboxylic acids is 1. The van der Waals surface area contributed by atoms with Crippen molar-refractivity contribution >= 4 is 11.7 Å². The van der Waals surface area contributed by atoms with Gasteiger partial charge in [0.05, 0.1) is 19.1 Å². The van der Waals surface area contributed by atoms with Crippen molar-refractivity contribution in [3.05, 3.63) is 71.6 Å². The van der Waals surface area contributed by atoms with Crippen LogP contribution in [0.3, 0.4) is 0 Å². The molecule has 1 atom stereocenters. The molecule has 6 nitrogen and oxygen atoms in total. The highest BCUT2D eigenvalue weighted by Gasteiger charge is 2.20. The fourth-order valence-corrected chi connectivity index (χ4v) is 3.14. The highest BCUT2D eigenvalue weighted by Crippen LogP contribution is 2.26. The lowest BCUT2D eigenvalue weighted by atomic mass is 9.93. The number of hydrogen-bond donors (Lipinski definition) is 1. The van der Waals surface area contributed by atoms with Crippen LogP contribution in [0.1, 0.15) is 43.7 Å². The molecule has 154 valence electrons. The monoisotopic (exact) mass is 395 g/mol. The summed E-state index contributed by atoms with van der Waals surface area (Å²) in [7, 11) is 1.71. The summed E-state index contributed by atoms with van der Waals surface area (Å²) in [4.78, 5) is 14.6. The number of nitrogens with zero attached hydrogens (tertiary/aromatic N) is 2. The smallest absolute Gasteiger partial charge is 0.230 e. The molecule has 1 aromatic carbocycles. The molecule has 0 spiro atoms. The second kappa shape index (κ2) is 9.09. The van der Waals surface area contributed by atoms with Gasteiger partial charge in [0.2, 0.25) is 5.91 Å². The Morgan fingerprint density at radius 3 is 2.66 bits per heavy atom. The molecule has 2 heterocycles. The topological polar surface area (TPSA) is 67.6 Å². The van der Waals surface area contributed by atoms with Gasteiger partial charge >= 0.3 is 0 Å². The first-order valence-corrected chi connectivity index (χ1v) is 9.82. The van der Waals surface area contributed by atoms with E-state index in [-0.39, 0.29) is 23.8 Å². The third-order valence-corrected chi connectivity index (χ3v) is 4.80. The van der Waals surface area contributed by atoms with Crippen LogP contribution in [0.5, 0.6) is 0 Å². The molecule has 0 fully saturated rings. The second-order valence-electron chi connectivity index (χ2n) is 8.19. The molecule has 1 aliphatic heterocycles. The number of allylic oxidation sites excluding steroid dienone is 2. The zero-order chi connectivity index (χ0) is 20.9. The van der Waals surface area contributed by atoms with E-state index in [9.17, 15) is 4.79 Å². The van der Waals surface area contributed by atoms with Gasteiger partial charge in [-0.15, -0.1) is 0 Å². The quantitative estimate of drug-likeness (QED) is 0.760. The molecule has 29 heavy (non-hydrogen) atoms. The van der Waals surface area contributed by atoms with E-state index >= 15 is 0 Å². The average molecular weight is 396 g/mol. The Morgan fingerprint density at radius 2 is 2.00 bits per heavy atom. The standard InChI is InChI=1S/C23H29N3O3/c1-23(2,3)20-16-21(25-29-20)24-22(27)15-17-8-10-18(11-9-17)19-7-5-6-12-26(19)13-14-28-4/h5-12,16,19H,13-15H2,1-4H3,(H,24,25,27). The van der Waals surface area contributed by atoms with Crippen molar-refractivity contribution in [1.29, 1.82) is 0 Å². The van der Waals surface area contributed by atoms with Crippen LogP contribution in [0.4, 0.5) is 5.82 Å². The van der Waals surface area contributed by atoms with Crippen LogP contribution < -0.4 is 5.32 Å². The lowest BCUT2D eigenvalue weighted by Crippen LogP contribution is -2.27. The van der Waals surface area contributed by atoms with Crippen LogP contribution in [0.2, 0.25) is 0 Å². The molecular weight excluding hydrogens is 366 g/mol. The maximum absolute atomic E-state index is 12.4. The largest absolute Gasteiger partial charge is 0.383 e. The molecule has 1 aromatic heterocycles. The molecule has 0 bridgehead atoms. The fraction of sp³-hybridized carbons (Fsp3) is 0.391. The Labute approximate surface area is 172 Å². The van der Waals surface area contributed by atoms with Gasteiger partial charge in [-0.3, -0.25) is 4.79 Å². The molecule has 3 rings (SSSR count). The SMILES string of the molecule is COCCN1C=CC=CC1c1ccc(CC(=O)Nc2cc(C(C)(C)C)on2)cc1. The number of rotatable bonds is 7. The van der Waals surface area contributed by atoms with E-state index in [1.165, 1.54) is 5.56 Å². The van der Waals surface area contributed by atoms with Gasteiger partial charge in [0, 0.05) is 31.3 Å². The molecule has 2 aromatic rings. The van der Waals surface area contributed by atoms with Crippen molar-refractivity contribution in [2.24, 2.45) is 0 Å². The van der Waals surface area contributed by atoms with E-state index in [2.05, 4.69) is 45.9 Å². The zero-order valence-electron chi connectivity index (χ0n) is 17.5. The van der Waals surface area contributed by atoms with Crippen molar-refractivity contribution in [3.63, 3.8) is 0 Å². The Hall–Kier alpha value is -2.86. The highest BCUT2D eigenvalue weighted by atomic mass is 16.5. The van der Waals surface area contributed by atoms with Crippen LogP contribution in [0.25, 0.3) is 0 Å². The van der Waals surface area contributed by atoms with E-state index in [1.54, 1.807) is 13.2 Å². The first kappa shape index (κ1) is 20.9. The summed E-state index contributed by atoms with van der Waals surface area (Å²) in [5, 5.41) is 6.74. The molecule has 0 radical (unpaired) electrons. The second-order valence-corrected chi connectivity index (χ2v) is 8.19. The fourth-order valence-electron chi connectivity index (χ4n) is 3.14. The number of methoxy groups -OCH3 is 1. The maximum atomic E-state index is 12.4. The number of ether oxygens (including phenoxy) is 1. The summed E-state index contributed by atoms with van der Waals surface area (Å²) in [5.74, 6) is 1.07. The summed E-state index contributed by atoms with van der Waals surface area (Å²) in [6.45, 7) is 7.60. The number of anilines is 1. The molecule has 0 aliphatic carbocycles. The van der Waals surface area contributed by atoms with Gasteiger partial charge < -0.3 is 19.5 Å². The number of amides is 1. The maximum Gasteiger partial charge on any atom is 0.230 e. The van der Waals surface area contributed by atoms with Crippen LogP contribution in [0.15, 0.2) is 59.3 Å². The molecular formula is C23H29N3O3. The summed E-state index contributed by atoms with van der Waals surface area (Å²) in [5.41, 5.74) is 1.98. The van der Waals surface area contributed by atoms with E-state index in [4.69, 9.17) is 9.26 Å². The molecule has 0 saturated carbocycles. The van der Waals surface area contributed by atoms with E-state index in [1.807, 2.05) is 39.0 Å². The predicted molar refractivity (Wildman–Crippen MR) is 114 cm³/mol. The Morgan fingerprint density at radius 1 is 1.24 bits per heavy atom. The van der Waals surface area contributed by atoms with Crippen LogP contribution in [-0.4, -0.2) is 36.2 Å². The summed E-state index contributed by atoms with van der Waals surface area (Å²) in [6, 6.07) is 10.1. The van der Waals surface area contributed by atoms with E-state index in [0.717, 1.165) is 17.9 Å². The van der Waals surface area contributed by atoms with E-state index < -0.39 is 0 Å². The minimum absolute atomic E-state index is 0.117. The minimum atomic E-state index is -0.147. The van der Waals surface area contributed by atoms with Crippen molar-refractivity contribution in [1.82, 2.24) is 10.1 Å². The number of hydrogen-bond acceptors (Lipinski definition) is 5. The van der Waals surface area contributed by atoms with Crippen LogP contribution in [-0.2, 0) is 21.4 Å². The summed E-state index contributed by atoms with van der Waals surface area (Å²) < 4.78 is 10.5. The Bertz CT molecular complexity index is 876. The number of aromatic nitrogens is 1. The van der Waals surface area contributed by atoms with Crippen molar-refractivity contribution in [3.8, 4) is 0 Å². The Kier molecular flexibility index (Phi) is 6.54. The van der Waals surface area contributed by atoms with Gasteiger partial charge in [0.25, 0.3) is 0 Å². The van der Waals surface area contributed by atoms with Gasteiger partial charge in [0.1, 0.15) is 5.76 Å². The van der Waals surface area contributed by atoms with Gasteiger partial charge in [-0.05, 0) is 17.2 Å². The van der Waals surface area contributed by atoms with E-state index in [0.29, 0.717) is 12.4 Å². The van der Waals surface area contributed by atoms with Gasteiger partial charge in [-0.1, -0.05) is 62.3 Å². The highest BCUT2D eigenvalue weighted by molar-refractivity contribution is 5.91. The summed E-state index contributed by atoms with van der Waals surface area (Å²) in [6.07, 6.45) is 8.61. The van der Waals surface area contributed by atoms with Crippen LogP contribution >= 0.6 is 0 Å². The molecule has 1 amide bonds. The molecule has 1 unspecified atom stereocenters. The van der Waals surface area contributed by atoms with Gasteiger partial charge in [-0.25, -0.2) is 0 Å². The third kappa shape index (κ3) is 5.57. The third-order valence-electron chi connectivity index (χ3n) is 4.80. The zero-order valence-corrected chi connectivity index (χ0v) is 17.5. The summed E-state index contributed by atoms with van der Waals surface area (Å²) >= 11 is 0. The Balaban J connectivity index is 1.60. The predicted octanol–water partition coefficient (Wildman–Crippen LogP) is 4.23. The van der Waals surface area contributed by atoms with Gasteiger partial charge in [-0.2, -0.15) is 0 Å². The first-order valence-electron chi connectivity index (χ1n) is 9.82. The lowest BCUT2D eigenvalue weighted by Gasteiger charge is -2.30. The molecule has 1 aliphatic rings. The van der Waals surface area contributed by atoms with Crippen LogP contribution in [0, 0.1) is 0 Å². The van der Waals surface area contributed by atoms with Crippen molar-refractivity contribution in [2.75, 3.05) is 25.6 Å².